The molecule has 0 bridgehead atoms. The summed E-state index contributed by atoms with van der Waals surface area (Å²) < 4.78 is 0. The van der Waals surface area contributed by atoms with Gasteiger partial charge in [0.15, 0.2) is 0 Å². The first-order valence-corrected chi connectivity index (χ1v) is 8.76. The molecule has 0 atom stereocenters. The summed E-state index contributed by atoms with van der Waals surface area (Å²) in [5.41, 5.74) is 4.76. The molecule has 3 aromatic rings. The number of hydrogen-bond acceptors (Lipinski definition) is 5. The van der Waals surface area contributed by atoms with Crippen molar-refractivity contribution in [1.29, 1.82) is 0 Å². The lowest BCUT2D eigenvalue weighted by molar-refractivity contribution is 0.102. The maximum absolute atomic E-state index is 12.3. The van der Waals surface area contributed by atoms with Crippen molar-refractivity contribution in [2.75, 3.05) is 10.6 Å². The van der Waals surface area contributed by atoms with Crippen molar-refractivity contribution >= 4 is 34.1 Å². The van der Waals surface area contributed by atoms with Crippen LogP contribution >= 0.6 is 11.3 Å². The summed E-state index contributed by atoms with van der Waals surface area (Å²) in [5.74, 6) is -0.177. The van der Waals surface area contributed by atoms with Gasteiger partial charge in [-0.25, -0.2) is 4.79 Å². The summed E-state index contributed by atoms with van der Waals surface area (Å²) in [5, 5.41) is 16.0. The van der Waals surface area contributed by atoms with Crippen LogP contribution in [0.5, 0.6) is 0 Å². The molecule has 3 rings (SSSR count). The van der Waals surface area contributed by atoms with Crippen molar-refractivity contribution in [3.05, 3.63) is 70.7 Å². The fourth-order valence-corrected chi connectivity index (χ4v) is 2.66. The number of rotatable bonds is 5. The zero-order valence-electron chi connectivity index (χ0n) is 14.0. The van der Waals surface area contributed by atoms with Crippen LogP contribution in [0.15, 0.2) is 54.0 Å². The fraction of sp³-hybridized carbons (Fsp3) is 0.111. The number of carbonyl (C=O) groups is 2. The molecule has 1 aromatic heterocycles. The van der Waals surface area contributed by atoms with E-state index >= 15 is 0 Å². The summed E-state index contributed by atoms with van der Waals surface area (Å²) in [4.78, 5) is 24.1. The molecule has 0 aliphatic heterocycles. The highest BCUT2D eigenvalue weighted by Crippen LogP contribution is 2.13. The Balaban J connectivity index is 1.56. The molecule has 7 nitrogen and oxygen atoms in total. The normalized spacial score (nSPS) is 10.2. The Morgan fingerprint density at radius 3 is 2.62 bits per heavy atom. The van der Waals surface area contributed by atoms with Crippen LogP contribution in [-0.2, 0) is 6.54 Å². The monoisotopic (exact) mass is 367 g/mol. The van der Waals surface area contributed by atoms with Gasteiger partial charge in [0.25, 0.3) is 5.91 Å². The number of benzene rings is 2. The highest BCUT2D eigenvalue weighted by molar-refractivity contribution is 7.13. The molecule has 3 N–H and O–H groups in total. The summed E-state index contributed by atoms with van der Waals surface area (Å²) in [6, 6.07) is 14.3. The number of urea groups is 1. The Kier molecular flexibility index (Phi) is 5.55. The van der Waals surface area contributed by atoms with Crippen LogP contribution < -0.4 is 16.0 Å². The van der Waals surface area contributed by atoms with Crippen LogP contribution in [-0.4, -0.2) is 22.1 Å². The Morgan fingerprint density at radius 1 is 1.08 bits per heavy atom. The molecule has 0 unspecified atom stereocenters. The van der Waals surface area contributed by atoms with E-state index < -0.39 is 0 Å². The van der Waals surface area contributed by atoms with Crippen LogP contribution in [0, 0.1) is 6.92 Å². The number of carbonyl (C=O) groups excluding carboxylic acids is 2. The number of anilines is 2. The van der Waals surface area contributed by atoms with Gasteiger partial charge in [-0.05, 0) is 36.8 Å². The maximum Gasteiger partial charge on any atom is 0.321 e. The van der Waals surface area contributed by atoms with Gasteiger partial charge in [0.1, 0.15) is 5.51 Å². The Hall–Kier alpha value is -3.26. The summed E-state index contributed by atoms with van der Waals surface area (Å²) in [7, 11) is 0. The standard InChI is InChI=1S/C18H17N5O2S/c1-12-5-7-14(8-6-12)16(24)21-15-4-2-3-13(9-15)10-19-17(25)22-18-23-20-11-26-18/h2-9,11H,10H2,1H3,(H,21,24)(H2,19,22,23,25). The molecule has 1 heterocycles. The Labute approximate surface area is 154 Å². The second-order valence-corrected chi connectivity index (χ2v) is 6.41. The Morgan fingerprint density at radius 2 is 1.88 bits per heavy atom. The molecule has 0 spiro atoms. The minimum atomic E-state index is -0.365. The molecule has 8 heteroatoms. The molecule has 26 heavy (non-hydrogen) atoms. The molecular weight excluding hydrogens is 350 g/mol. The quantitative estimate of drug-likeness (QED) is 0.644. The molecular formula is C18H17N5O2S. The van der Waals surface area contributed by atoms with Crippen LogP contribution in [0.25, 0.3) is 0 Å². The van der Waals surface area contributed by atoms with E-state index in [1.165, 1.54) is 16.8 Å². The van der Waals surface area contributed by atoms with E-state index in [1.807, 2.05) is 37.3 Å². The van der Waals surface area contributed by atoms with Crippen molar-refractivity contribution in [3.8, 4) is 0 Å². The van der Waals surface area contributed by atoms with Crippen molar-refractivity contribution < 1.29 is 9.59 Å². The average Bonchev–Trinajstić information content (AvgIpc) is 3.14. The SMILES string of the molecule is Cc1ccc(C(=O)Nc2cccc(CNC(=O)Nc3nncs3)c2)cc1. The van der Waals surface area contributed by atoms with Gasteiger partial charge >= 0.3 is 6.03 Å². The number of hydrogen-bond donors (Lipinski definition) is 3. The lowest BCUT2D eigenvalue weighted by atomic mass is 10.1. The molecule has 2 aromatic carbocycles. The zero-order valence-corrected chi connectivity index (χ0v) is 14.8. The van der Waals surface area contributed by atoms with E-state index in [2.05, 4.69) is 26.1 Å². The Bertz CT molecular complexity index is 894. The molecule has 0 saturated carbocycles. The predicted molar refractivity (Wildman–Crippen MR) is 101 cm³/mol. The third-order valence-corrected chi connectivity index (χ3v) is 4.14. The fourth-order valence-electron chi connectivity index (χ4n) is 2.22. The highest BCUT2D eigenvalue weighted by Gasteiger charge is 2.07. The largest absolute Gasteiger partial charge is 0.334 e. The molecule has 0 radical (unpaired) electrons. The second kappa shape index (κ2) is 8.21. The molecule has 132 valence electrons. The minimum Gasteiger partial charge on any atom is -0.334 e. The van der Waals surface area contributed by atoms with Gasteiger partial charge in [0, 0.05) is 17.8 Å². The first-order valence-electron chi connectivity index (χ1n) is 7.88. The third-order valence-electron chi connectivity index (χ3n) is 3.53. The van der Waals surface area contributed by atoms with Crippen molar-refractivity contribution in [2.45, 2.75) is 13.5 Å². The van der Waals surface area contributed by atoms with Gasteiger partial charge in [-0.3, -0.25) is 10.1 Å². The van der Waals surface area contributed by atoms with Crippen LogP contribution in [0.1, 0.15) is 21.5 Å². The lowest BCUT2D eigenvalue weighted by Gasteiger charge is -2.09. The van der Waals surface area contributed by atoms with Gasteiger partial charge in [-0.1, -0.05) is 41.2 Å². The van der Waals surface area contributed by atoms with Gasteiger partial charge < -0.3 is 10.6 Å². The molecule has 0 aliphatic carbocycles. The van der Waals surface area contributed by atoms with E-state index in [0.29, 0.717) is 22.9 Å². The van der Waals surface area contributed by atoms with E-state index in [0.717, 1.165) is 11.1 Å². The van der Waals surface area contributed by atoms with E-state index in [1.54, 1.807) is 18.2 Å². The van der Waals surface area contributed by atoms with E-state index in [9.17, 15) is 9.59 Å². The number of nitrogens with zero attached hydrogens (tertiary/aromatic N) is 2. The van der Waals surface area contributed by atoms with Crippen LogP contribution in [0.4, 0.5) is 15.6 Å². The minimum absolute atomic E-state index is 0.177. The second-order valence-electron chi connectivity index (χ2n) is 5.57. The predicted octanol–water partition coefficient (Wildman–Crippen LogP) is 3.42. The number of aryl methyl sites for hydroxylation is 1. The molecule has 0 aliphatic rings. The number of nitrogens with one attached hydrogen (secondary N) is 3. The van der Waals surface area contributed by atoms with Crippen molar-refractivity contribution in [2.24, 2.45) is 0 Å². The number of amides is 3. The summed E-state index contributed by atoms with van der Waals surface area (Å²) in [6.45, 7) is 2.29. The maximum atomic E-state index is 12.3. The van der Waals surface area contributed by atoms with E-state index in [4.69, 9.17) is 0 Å². The van der Waals surface area contributed by atoms with Gasteiger partial charge in [-0.2, -0.15) is 0 Å². The highest BCUT2D eigenvalue weighted by atomic mass is 32.1. The lowest BCUT2D eigenvalue weighted by Crippen LogP contribution is -2.28. The molecule has 0 saturated heterocycles. The van der Waals surface area contributed by atoms with Crippen molar-refractivity contribution in [1.82, 2.24) is 15.5 Å². The van der Waals surface area contributed by atoms with E-state index in [-0.39, 0.29) is 11.9 Å². The van der Waals surface area contributed by atoms with Gasteiger partial charge in [0.05, 0.1) is 0 Å². The van der Waals surface area contributed by atoms with Crippen molar-refractivity contribution in [3.63, 3.8) is 0 Å². The summed E-state index contributed by atoms with van der Waals surface area (Å²) in [6.07, 6.45) is 0. The molecule has 0 fully saturated rings. The first-order chi connectivity index (χ1) is 12.6. The first kappa shape index (κ1) is 17.6. The summed E-state index contributed by atoms with van der Waals surface area (Å²) >= 11 is 1.24. The average molecular weight is 367 g/mol. The van der Waals surface area contributed by atoms with Gasteiger partial charge in [0.2, 0.25) is 5.13 Å². The molecule has 3 amide bonds. The third kappa shape index (κ3) is 4.87. The number of aromatic nitrogens is 2. The van der Waals surface area contributed by atoms with Gasteiger partial charge in [-0.15, -0.1) is 10.2 Å². The smallest absolute Gasteiger partial charge is 0.321 e. The van der Waals surface area contributed by atoms with Crippen LogP contribution in [0.2, 0.25) is 0 Å². The zero-order chi connectivity index (χ0) is 18.4. The van der Waals surface area contributed by atoms with Crippen LogP contribution in [0.3, 0.4) is 0 Å². The topological polar surface area (TPSA) is 96.0 Å².